The zero-order chi connectivity index (χ0) is 25.5. The second-order valence-electron chi connectivity index (χ2n) is 7.99. The van der Waals surface area contributed by atoms with Crippen molar-refractivity contribution in [3.63, 3.8) is 0 Å². The van der Waals surface area contributed by atoms with Crippen molar-refractivity contribution in [1.82, 2.24) is 4.90 Å². The lowest BCUT2D eigenvalue weighted by atomic mass is 10.1. The zero-order valence-electron chi connectivity index (χ0n) is 19.9. The molecule has 36 heavy (non-hydrogen) atoms. The normalized spacial score (nSPS) is 16.6. The van der Waals surface area contributed by atoms with Crippen LogP contribution in [0.15, 0.2) is 77.8 Å². The first-order valence-corrected chi connectivity index (χ1v) is 12.6. The molecule has 0 aromatic heterocycles. The number of carbonyl (C=O) groups is 2. The summed E-state index contributed by atoms with van der Waals surface area (Å²) >= 11 is 7.47. The van der Waals surface area contributed by atoms with Crippen LogP contribution in [0, 0.1) is 0 Å². The number of benzene rings is 3. The van der Waals surface area contributed by atoms with Crippen LogP contribution in [0.1, 0.15) is 12.0 Å². The van der Waals surface area contributed by atoms with Crippen LogP contribution in [0.3, 0.4) is 0 Å². The molecule has 3 aromatic carbocycles. The van der Waals surface area contributed by atoms with Crippen LogP contribution >= 0.6 is 23.4 Å². The Hall–Kier alpha value is -3.49. The summed E-state index contributed by atoms with van der Waals surface area (Å²) in [5.74, 6) is 0.818. The quantitative estimate of drug-likeness (QED) is 0.418. The molecule has 1 N–H and O–H groups in total. The molecule has 7 nitrogen and oxygen atoms in total. The molecule has 0 radical (unpaired) electrons. The van der Waals surface area contributed by atoms with Crippen LogP contribution in [-0.4, -0.2) is 47.9 Å². The Balaban J connectivity index is 1.54. The second-order valence-corrected chi connectivity index (χ2v) is 9.57. The van der Waals surface area contributed by atoms with Gasteiger partial charge in [-0.2, -0.15) is 0 Å². The van der Waals surface area contributed by atoms with Crippen molar-refractivity contribution >= 4 is 51.7 Å². The number of halogens is 1. The van der Waals surface area contributed by atoms with Crippen molar-refractivity contribution in [1.29, 1.82) is 0 Å². The fourth-order valence-corrected chi connectivity index (χ4v) is 5.03. The molecule has 9 heteroatoms. The van der Waals surface area contributed by atoms with Gasteiger partial charge in [0.1, 0.15) is 5.25 Å². The highest BCUT2D eigenvalue weighted by Crippen LogP contribution is 2.32. The molecule has 1 aliphatic rings. The van der Waals surface area contributed by atoms with E-state index in [2.05, 4.69) is 5.32 Å². The number of amidine groups is 1. The second kappa shape index (κ2) is 12.0. The summed E-state index contributed by atoms with van der Waals surface area (Å²) in [6.45, 7) is 0.409. The number of thioether (sulfide) groups is 1. The monoisotopic (exact) mass is 523 g/mol. The Morgan fingerprint density at radius 2 is 1.78 bits per heavy atom. The molecule has 2 amide bonds. The third-order valence-electron chi connectivity index (χ3n) is 5.62. The SMILES string of the molecule is COc1ccc(CCN2C(=O)CC(C(=O)Nc3ccccc3Cl)SC2=Nc2ccccc2)cc1OC. The van der Waals surface area contributed by atoms with Crippen LogP contribution in [-0.2, 0) is 16.0 Å². The number of ether oxygens (including phenoxy) is 2. The number of methoxy groups -OCH3 is 2. The molecule has 1 heterocycles. The zero-order valence-corrected chi connectivity index (χ0v) is 21.5. The number of amides is 2. The van der Waals surface area contributed by atoms with Gasteiger partial charge < -0.3 is 14.8 Å². The van der Waals surface area contributed by atoms with Gasteiger partial charge in [0.05, 0.1) is 30.6 Å². The molecule has 1 saturated heterocycles. The topological polar surface area (TPSA) is 80.2 Å². The van der Waals surface area contributed by atoms with E-state index >= 15 is 0 Å². The van der Waals surface area contributed by atoms with Crippen molar-refractivity contribution in [3.05, 3.63) is 83.4 Å². The van der Waals surface area contributed by atoms with E-state index in [-0.39, 0.29) is 18.2 Å². The molecule has 0 spiro atoms. The maximum Gasteiger partial charge on any atom is 0.238 e. The molecule has 1 fully saturated rings. The van der Waals surface area contributed by atoms with E-state index in [0.717, 1.165) is 5.56 Å². The standard InChI is InChI=1S/C27H26ClN3O4S/c1-34-22-13-12-18(16-23(22)35-2)14-15-31-25(32)17-24(26(33)30-21-11-7-6-10-20(21)28)36-27(31)29-19-8-4-3-5-9-19/h3-13,16,24H,14-15,17H2,1-2H3,(H,30,33). The number of hydrogen-bond donors (Lipinski definition) is 1. The van der Waals surface area contributed by atoms with Gasteiger partial charge in [-0.1, -0.05) is 59.8 Å². The summed E-state index contributed by atoms with van der Waals surface area (Å²) in [4.78, 5) is 32.7. The van der Waals surface area contributed by atoms with Crippen molar-refractivity contribution in [3.8, 4) is 11.5 Å². The summed E-state index contributed by atoms with van der Waals surface area (Å²) < 4.78 is 10.7. The van der Waals surface area contributed by atoms with E-state index in [1.165, 1.54) is 11.8 Å². The fourth-order valence-electron chi connectivity index (χ4n) is 3.73. The first-order valence-electron chi connectivity index (χ1n) is 11.4. The van der Waals surface area contributed by atoms with Gasteiger partial charge in [-0.05, 0) is 48.4 Å². The molecule has 1 aliphatic heterocycles. The number of aliphatic imine (C=N–C) groups is 1. The van der Waals surface area contributed by atoms with Crippen molar-refractivity contribution in [2.75, 3.05) is 26.1 Å². The van der Waals surface area contributed by atoms with Gasteiger partial charge in [0.25, 0.3) is 0 Å². The lowest BCUT2D eigenvalue weighted by Gasteiger charge is -2.32. The van der Waals surface area contributed by atoms with E-state index in [1.807, 2.05) is 48.5 Å². The van der Waals surface area contributed by atoms with E-state index in [4.69, 9.17) is 26.1 Å². The van der Waals surface area contributed by atoms with E-state index in [0.29, 0.717) is 46.0 Å². The Morgan fingerprint density at radius 3 is 2.50 bits per heavy atom. The van der Waals surface area contributed by atoms with Crippen molar-refractivity contribution in [2.24, 2.45) is 4.99 Å². The third-order valence-corrected chi connectivity index (χ3v) is 7.13. The number of nitrogens with one attached hydrogen (secondary N) is 1. The molecule has 4 rings (SSSR count). The van der Waals surface area contributed by atoms with Gasteiger partial charge in [-0.15, -0.1) is 0 Å². The van der Waals surface area contributed by atoms with Crippen LogP contribution < -0.4 is 14.8 Å². The lowest BCUT2D eigenvalue weighted by molar-refractivity contribution is -0.129. The van der Waals surface area contributed by atoms with Gasteiger partial charge in [0.2, 0.25) is 11.8 Å². The van der Waals surface area contributed by atoms with E-state index in [9.17, 15) is 9.59 Å². The van der Waals surface area contributed by atoms with Gasteiger partial charge in [0.15, 0.2) is 16.7 Å². The predicted molar refractivity (Wildman–Crippen MR) is 145 cm³/mol. The van der Waals surface area contributed by atoms with Crippen molar-refractivity contribution < 1.29 is 19.1 Å². The van der Waals surface area contributed by atoms with Gasteiger partial charge in [0, 0.05) is 13.0 Å². The van der Waals surface area contributed by atoms with E-state index in [1.54, 1.807) is 43.4 Å². The Kier molecular flexibility index (Phi) is 8.51. The first-order chi connectivity index (χ1) is 17.5. The van der Waals surface area contributed by atoms with E-state index < -0.39 is 5.25 Å². The first kappa shape index (κ1) is 25.6. The fraction of sp³-hybridized carbons (Fsp3) is 0.222. The Bertz CT molecular complexity index is 1270. The van der Waals surface area contributed by atoms with Crippen LogP contribution in [0.4, 0.5) is 11.4 Å². The summed E-state index contributed by atoms with van der Waals surface area (Å²) in [5, 5.41) is 3.13. The number of para-hydroxylation sites is 2. The minimum absolute atomic E-state index is 0.0562. The minimum Gasteiger partial charge on any atom is -0.493 e. The number of nitrogens with zero attached hydrogens (tertiary/aromatic N) is 2. The maximum atomic E-state index is 13.3. The molecule has 0 aliphatic carbocycles. The molecule has 186 valence electrons. The third kappa shape index (κ3) is 6.19. The summed E-state index contributed by atoms with van der Waals surface area (Å²) in [6.07, 6.45) is 0.637. The molecular weight excluding hydrogens is 498 g/mol. The highest BCUT2D eigenvalue weighted by molar-refractivity contribution is 8.15. The maximum absolute atomic E-state index is 13.3. The largest absolute Gasteiger partial charge is 0.493 e. The smallest absolute Gasteiger partial charge is 0.238 e. The summed E-state index contributed by atoms with van der Waals surface area (Å²) in [5.41, 5.74) is 2.20. The van der Waals surface area contributed by atoms with Crippen LogP contribution in [0.5, 0.6) is 11.5 Å². The summed E-state index contributed by atoms with van der Waals surface area (Å²) in [7, 11) is 3.18. The Labute approximate surface area is 219 Å². The molecule has 1 atom stereocenters. The summed E-state index contributed by atoms with van der Waals surface area (Å²) in [6, 6.07) is 22.1. The number of hydrogen-bond acceptors (Lipinski definition) is 6. The number of rotatable bonds is 8. The molecule has 3 aromatic rings. The predicted octanol–water partition coefficient (Wildman–Crippen LogP) is 5.56. The molecule has 1 unspecified atom stereocenters. The van der Waals surface area contributed by atoms with Crippen LogP contribution in [0.25, 0.3) is 0 Å². The lowest BCUT2D eigenvalue weighted by Crippen LogP contribution is -2.46. The van der Waals surface area contributed by atoms with Gasteiger partial charge in [-0.25, -0.2) is 4.99 Å². The average Bonchev–Trinajstić information content (AvgIpc) is 2.89. The van der Waals surface area contributed by atoms with Crippen LogP contribution in [0.2, 0.25) is 5.02 Å². The number of carbonyl (C=O) groups excluding carboxylic acids is 2. The minimum atomic E-state index is -0.631. The molecular formula is C27H26ClN3O4S. The average molecular weight is 524 g/mol. The highest BCUT2D eigenvalue weighted by Gasteiger charge is 2.36. The highest BCUT2D eigenvalue weighted by atomic mass is 35.5. The van der Waals surface area contributed by atoms with Gasteiger partial charge in [-0.3, -0.25) is 14.5 Å². The molecule has 0 bridgehead atoms. The Morgan fingerprint density at radius 1 is 1.06 bits per heavy atom. The van der Waals surface area contributed by atoms with Crippen molar-refractivity contribution in [2.45, 2.75) is 18.1 Å². The van der Waals surface area contributed by atoms with Gasteiger partial charge >= 0.3 is 0 Å². The molecule has 0 saturated carbocycles. The number of anilines is 1.